The van der Waals surface area contributed by atoms with Crippen molar-refractivity contribution in [3.05, 3.63) is 35.4 Å². The van der Waals surface area contributed by atoms with Gasteiger partial charge in [-0.2, -0.15) is 0 Å². The van der Waals surface area contributed by atoms with Crippen LogP contribution in [0.25, 0.3) is 0 Å². The van der Waals surface area contributed by atoms with Crippen molar-refractivity contribution in [2.24, 2.45) is 0 Å². The van der Waals surface area contributed by atoms with Crippen LogP contribution in [0.1, 0.15) is 11.1 Å². The van der Waals surface area contributed by atoms with E-state index < -0.39 is 0 Å². The lowest BCUT2D eigenvalue weighted by Gasteiger charge is -1.94. The van der Waals surface area contributed by atoms with Gasteiger partial charge in [0.1, 0.15) is 15.6 Å². The van der Waals surface area contributed by atoms with Crippen molar-refractivity contribution in [3.8, 4) is 0 Å². The van der Waals surface area contributed by atoms with Gasteiger partial charge in [0.2, 0.25) is 0 Å². The van der Waals surface area contributed by atoms with Crippen LogP contribution in [0.2, 0.25) is 0 Å². The molecule has 0 heterocycles. The number of benzene rings is 1. The molecular weight excluding hydrogens is 180 g/mol. The summed E-state index contributed by atoms with van der Waals surface area (Å²) < 4.78 is 10.6. The molecule has 1 nitrogen and oxygen atoms in total. The lowest BCUT2D eigenvalue weighted by Crippen LogP contribution is -1.88. The van der Waals surface area contributed by atoms with Crippen LogP contribution in [-0.4, -0.2) is 8.53 Å². The fourth-order valence-corrected chi connectivity index (χ4v) is 1.09. The number of hydrogen-bond acceptors (Lipinski definition) is 1. The van der Waals surface area contributed by atoms with E-state index in [0.29, 0.717) is 15.6 Å². The zero-order chi connectivity index (χ0) is 8.27. The maximum absolute atomic E-state index is 10.3. The highest BCUT2D eigenvalue weighted by Crippen LogP contribution is 2.05. The van der Waals surface area contributed by atoms with Crippen molar-refractivity contribution in [1.82, 2.24) is 0 Å². The van der Waals surface area contributed by atoms with Gasteiger partial charge in [-0.25, -0.2) is 4.21 Å². The van der Waals surface area contributed by atoms with Gasteiger partial charge in [0.25, 0.3) is 0 Å². The van der Waals surface area contributed by atoms with E-state index in [1.165, 1.54) is 0 Å². The smallest absolute Gasteiger partial charge is 0.141 e. The topological polar surface area (TPSA) is 17.1 Å². The molecule has 0 aliphatic rings. The van der Waals surface area contributed by atoms with Gasteiger partial charge in [0.05, 0.1) is 0 Å². The third-order valence-corrected chi connectivity index (χ3v) is 2.14. The second-order valence-electron chi connectivity index (χ2n) is 2.22. The summed E-state index contributed by atoms with van der Waals surface area (Å²) in [4.78, 5) is 0. The van der Waals surface area contributed by atoms with Crippen molar-refractivity contribution >= 4 is 27.2 Å². The van der Waals surface area contributed by atoms with E-state index in [1.54, 1.807) is 0 Å². The highest BCUT2D eigenvalue weighted by atomic mass is 35.5. The van der Waals surface area contributed by atoms with E-state index in [2.05, 4.69) is 0 Å². The van der Waals surface area contributed by atoms with Crippen molar-refractivity contribution in [2.75, 3.05) is 0 Å². The molecule has 3 heteroatoms. The van der Waals surface area contributed by atoms with Crippen LogP contribution in [0.15, 0.2) is 24.3 Å². The fourth-order valence-electron chi connectivity index (χ4n) is 0.733. The zero-order valence-electron chi connectivity index (χ0n) is 6.00. The summed E-state index contributed by atoms with van der Waals surface area (Å²) in [6.07, 6.45) is 0. The zero-order valence-corrected chi connectivity index (χ0v) is 7.58. The summed E-state index contributed by atoms with van der Waals surface area (Å²) in [5.41, 5.74) is 1.95. The molecule has 0 radical (unpaired) electrons. The van der Waals surface area contributed by atoms with Gasteiger partial charge < -0.3 is 0 Å². The predicted octanol–water partition coefficient (Wildman–Crippen LogP) is 1.92. The van der Waals surface area contributed by atoms with E-state index in [4.69, 9.17) is 11.6 Å². The molecule has 58 valence electrons. The Morgan fingerprint density at radius 2 is 1.91 bits per heavy atom. The Balaban J connectivity index is 3.08. The molecule has 0 aromatic heterocycles. The molecule has 0 saturated heterocycles. The fraction of sp³-hybridized carbons (Fsp3) is 0.125. The first kappa shape index (κ1) is 8.50. The largest absolute Gasteiger partial charge is 0.211 e. The predicted molar refractivity (Wildman–Crippen MR) is 49.3 cm³/mol. The molecule has 1 aromatic carbocycles. The molecule has 0 saturated carbocycles. The Hall–Kier alpha value is -0.600. The lowest BCUT2D eigenvalue weighted by atomic mass is 10.2. The Bertz CT molecular complexity index is 298. The van der Waals surface area contributed by atoms with Crippen LogP contribution in [0, 0.1) is 6.92 Å². The normalized spacial score (nSPS) is 9.27. The summed E-state index contributed by atoms with van der Waals surface area (Å²) in [5.74, 6) is 0. The summed E-state index contributed by atoms with van der Waals surface area (Å²) in [5, 5.41) is 0. The van der Waals surface area contributed by atoms with E-state index in [9.17, 15) is 4.21 Å². The van der Waals surface area contributed by atoms with Gasteiger partial charge in [0, 0.05) is 5.56 Å². The number of hydrogen-bond donors (Lipinski definition) is 0. The summed E-state index contributed by atoms with van der Waals surface area (Å²) >= 11 is 5.93. The van der Waals surface area contributed by atoms with Crippen LogP contribution in [0.3, 0.4) is 0 Å². The van der Waals surface area contributed by atoms with Gasteiger partial charge in [-0.1, -0.05) is 41.4 Å². The Morgan fingerprint density at radius 1 is 1.36 bits per heavy atom. The second kappa shape index (κ2) is 3.69. The number of aryl methyl sites for hydroxylation is 1. The quantitative estimate of drug-likeness (QED) is 0.484. The van der Waals surface area contributed by atoms with Crippen LogP contribution < -0.4 is 0 Å². The average molecular weight is 187 g/mol. The minimum absolute atomic E-state index is 0.296. The van der Waals surface area contributed by atoms with E-state index in [1.807, 2.05) is 31.2 Å². The summed E-state index contributed by atoms with van der Waals surface area (Å²) in [6, 6.07) is 7.52. The molecule has 0 bridgehead atoms. The van der Waals surface area contributed by atoms with Crippen molar-refractivity contribution in [3.63, 3.8) is 0 Å². The van der Waals surface area contributed by atoms with Crippen molar-refractivity contribution < 1.29 is 4.21 Å². The van der Waals surface area contributed by atoms with Crippen molar-refractivity contribution in [1.29, 1.82) is 0 Å². The Kier molecular flexibility index (Phi) is 2.85. The van der Waals surface area contributed by atoms with Gasteiger partial charge in [0.15, 0.2) is 0 Å². The van der Waals surface area contributed by atoms with Crippen LogP contribution in [0.5, 0.6) is 0 Å². The maximum atomic E-state index is 10.3. The van der Waals surface area contributed by atoms with Gasteiger partial charge in [-0.15, -0.1) is 0 Å². The van der Waals surface area contributed by atoms with E-state index in [-0.39, 0.29) is 0 Å². The average Bonchev–Trinajstić information content (AvgIpc) is 2.05. The molecule has 0 amide bonds. The van der Waals surface area contributed by atoms with Gasteiger partial charge in [-0.05, 0) is 6.92 Å². The first-order valence-corrected chi connectivity index (χ1v) is 4.25. The molecule has 11 heavy (non-hydrogen) atoms. The monoisotopic (exact) mass is 186 g/mol. The molecule has 0 spiro atoms. The van der Waals surface area contributed by atoms with Gasteiger partial charge in [-0.3, -0.25) is 0 Å². The van der Waals surface area contributed by atoms with E-state index >= 15 is 0 Å². The molecule has 0 atom stereocenters. The highest BCUT2D eigenvalue weighted by molar-refractivity contribution is 7.70. The first-order valence-electron chi connectivity index (χ1n) is 3.13. The second-order valence-corrected chi connectivity index (χ2v) is 3.40. The number of halogens is 1. The SMILES string of the molecule is Cc1ccc(C(Cl)=S=O)cc1. The molecule has 0 N–H and O–H groups in total. The third-order valence-electron chi connectivity index (χ3n) is 1.35. The van der Waals surface area contributed by atoms with Crippen LogP contribution >= 0.6 is 11.6 Å². The molecule has 0 fully saturated rings. The minimum atomic E-state index is 0.296. The van der Waals surface area contributed by atoms with E-state index in [0.717, 1.165) is 11.1 Å². The first-order chi connectivity index (χ1) is 5.24. The molecule has 0 aliphatic heterocycles. The molecule has 1 aromatic rings. The standard InChI is InChI=1S/C8H7ClOS/c1-6-2-4-7(5-3-6)8(9)11-10/h2-5H,1H3. The summed E-state index contributed by atoms with van der Waals surface area (Å²) in [6.45, 7) is 1.99. The molecule has 0 unspecified atom stereocenters. The van der Waals surface area contributed by atoms with Gasteiger partial charge >= 0.3 is 0 Å². The van der Waals surface area contributed by atoms with Crippen LogP contribution in [-0.2, 0) is 11.3 Å². The highest BCUT2D eigenvalue weighted by Gasteiger charge is 1.96. The molecule has 0 aliphatic carbocycles. The lowest BCUT2D eigenvalue weighted by molar-refractivity contribution is 0.701. The third kappa shape index (κ3) is 2.17. The Morgan fingerprint density at radius 3 is 2.36 bits per heavy atom. The van der Waals surface area contributed by atoms with Crippen LogP contribution in [0.4, 0.5) is 0 Å². The van der Waals surface area contributed by atoms with Crippen molar-refractivity contribution in [2.45, 2.75) is 6.92 Å². The number of rotatable bonds is 1. The molecular formula is C8H7ClOS. The molecule has 1 rings (SSSR count). The minimum Gasteiger partial charge on any atom is -0.211 e. The maximum Gasteiger partial charge on any atom is 0.141 e. The Labute approximate surface area is 74.1 Å². The summed E-state index contributed by atoms with van der Waals surface area (Å²) in [7, 11) is 0.